The summed E-state index contributed by atoms with van der Waals surface area (Å²) < 4.78 is 6.43. The van der Waals surface area contributed by atoms with Crippen molar-refractivity contribution in [3.05, 3.63) is 169 Å². The van der Waals surface area contributed by atoms with E-state index in [1.807, 2.05) is 6.07 Å². The zero-order valence-corrected chi connectivity index (χ0v) is 24.6. The highest BCUT2D eigenvalue weighted by Crippen LogP contribution is 2.51. The van der Waals surface area contributed by atoms with Crippen LogP contribution < -0.4 is 5.32 Å². The third-order valence-corrected chi connectivity index (χ3v) is 9.14. The van der Waals surface area contributed by atoms with Crippen molar-refractivity contribution < 1.29 is 4.42 Å². The average molecular weight is 576 g/mol. The van der Waals surface area contributed by atoms with Gasteiger partial charge in [0.1, 0.15) is 11.2 Å². The van der Waals surface area contributed by atoms with Gasteiger partial charge in [0, 0.05) is 22.9 Å². The highest BCUT2D eigenvalue weighted by Gasteiger charge is 2.28. The van der Waals surface area contributed by atoms with E-state index in [4.69, 9.17) is 4.42 Å². The molecule has 1 aliphatic rings. The van der Waals surface area contributed by atoms with Gasteiger partial charge in [-0.05, 0) is 68.8 Å². The zero-order valence-electron chi connectivity index (χ0n) is 24.6. The van der Waals surface area contributed by atoms with Crippen LogP contribution in [0.15, 0.2) is 162 Å². The van der Waals surface area contributed by atoms with Gasteiger partial charge in [-0.3, -0.25) is 0 Å². The molecule has 0 radical (unpaired) electrons. The predicted molar refractivity (Wildman–Crippen MR) is 188 cm³/mol. The molecule has 1 N–H and O–H groups in total. The lowest BCUT2D eigenvalue weighted by atomic mass is 9.87. The summed E-state index contributed by atoms with van der Waals surface area (Å²) in [7, 11) is 0. The first-order valence-electron chi connectivity index (χ1n) is 15.5. The second kappa shape index (κ2) is 10.4. The minimum absolute atomic E-state index is 0.867. The molecule has 9 rings (SSSR count). The quantitative estimate of drug-likeness (QED) is 0.221. The third kappa shape index (κ3) is 4.18. The molecular weight excluding hydrogens is 546 g/mol. The average Bonchev–Trinajstić information content (AvgIpc) is 3.68. The highest BCUT2D eigenvalue weighted by atomic mass is 16.3. The molecule has 0 saturated carbocycles. The zero-order chi connectivity index (χ0) is 29.7. The lowest BCUT2D eigenvalue weighted by molar-refractivity contribution is 0.669. The van der Waals surface area contributed by atoms with Gasteiger partial charge in [0.15, 0.2) is 0 Å². The van der Waals surface area contributed by atoms with Crippen LogP contribution in [0, 0.1) is 0 Å². The fourth-order valence-electron chi connectivity index (χ4n) is 7.09. The molecule has 212 valence electrons. The van der Waals surface area contributed by atoms with E-state index in [-0.39, 0.29) is 0 Å². The first-order chi connectivity index (χ1) is 22.3. The second-order valence-electron chi connectivity index (χ2n) is 11.7. The second-order valence-corrected chi connectivity index (χ2v) is 11.7. The molecule has 0 bridgehead atoms. The van der Waals surface area contributed by atoms with Crippen LogP contribution in [-0.4, -0.2) is 0 Å². The van der Waals surface area contributed by atoms with E-state index in [1.165, 1.54) is 44.5 Å². The van der Waals surface area contributed by atoms with Gasteiger partial charge in [-0.2, -0.15) is 0 Å². The summed E-state index contributed by atoms with van der Waals surface area (Å²) in [6.07, 6.45) is 0.867. The molecule has 45 heavy (non-hydrogen) atoms. The maximum atomic E-state index is 6.43. The van der Waals surface area contributed by atoms with E-state index in [9.17, 15) is 0 Å². The fourth-order valence-corrected chi connectivity index (χ4v) is 7.09. The molecule has 0 fully saturated rings. The highest BCUT2D eigenvalue weighted by molar-refractivity contribution is 6.16. The van der Waals surface area contributed by atoms with Crippen LogP contribution in [0.25, 0.3) is 66.4 Å². The minimum atomic E-state index is 0.867. The summed E-state index contributed by atoms with van der Waals surface area (Å²) >= 11 is 0. The van der Waals surface area contributed by atoms with Crippen LogP contribution in [0.2, 0.25) is 0 Å². The van der Waals surface area contributed by atoms with Crippen LogP contribution in [0.4, 0.5) is 11.4 Å². The van der Waals surface area contributed by atoms with E-state index in [0.717, 1.165) is 50.9 Å². The molecule has 1 aromatic heterocycles. The topological polar surface area (TPSA) is 25.2 Å². The summed E-state index contributed by atoms with van der Waals surface area (Å²) in [6.45, 7) is 0. The Labute approximate surface area is 262 Å². The van der Waals surface area contributed by atoms with Gasteiger partial charge >= 0.3 is 0 Å². The number of para-hydroxylation sites is 1. The van der Waals surface area contributed by atoms with Crippen molar-refractivity contribution in [2.24, 2.45) is 0 Å². The monoisotopic (exact) mass is 575 g/mol. The maximum absolute atomic E-state index is 6.43. The standard InChI is InChI=1S/C43H29NO/c1-4-14-28(15-5-1)33-24-25-39-41(34-22-12-13-23-38(34)45-39)42(33)44-43-37-26-31-20-10-11-21-32(31)36(37)27-35(29-16-6-2-7-17-29)40(43)30-18-8-3-9-19-30/h1-25,27,44H,26H2. The van der Waals surface area contributed by atoms with Crippen LogP contribution in [0.1, 0.15) is 11.1 Å². The number of hydrogen-bond donors (Lipinski definition) is 1. The van der Waals surface area contributed by atoms with Gasteiger partial charge < -0.3 is 9.73 Å². The molecule has 0 spiro atoms. The summed E-state index contributed by atoms with van der Waals surface area (Å²) in [6, 6.07) is 56.2. The molecular formula is C43H29NO. The summed E-state index contributed by atoms with van der Waals surface area (Å²) in [5.41, 5.74) is 16.3. The van der Waals surface area contributed by atoms with Crippen molar-refractivity contribution in [2.75, 3.05) is 5.32 Å². The fraction of sp³-hybridized carbons (Fsp3) is 0.0233. The Morgan fingerprint density at radius 2 is 1.07 bits per heavy atom. The van der Waals surface area contributed by atoms with Gasteiger partial charge in [0.25, 0.3) is 0 Å². The Morgan fingerprint density at radius 3 is 1.82 bits per heavy atom. The Balaban J connectivity index is 1.41. The van der Waals surface area contributed by atoms with E-state index in [0.29, 0.717) is 0 Å². The van der Waals surface area contributed by atoms with E-state index in [2.05, 4.69) is 157 Å². The SMILES string of the molecule is c1ccc(-c2cc3c(c(Nc4c(-c5ccccc5)ccc5oc6ccccc6c45)c2-c2ccccc2)Cc2ccccc2-3)cc1. The maximum Gasteiger partial charge on any atom is 0.137 e. The summed E-state index contributed by atoms with van der Waals surface area (Å²) in [5.74, 6) is 0. The number of benzene rings is 7. The normalized spacial score (nSPS) is 11.9. The predicted octanol–water partition coefficient (Wildman–Crippen LogP) is 11.9. The van der Waals surface area contributed by atoms with E-state index >= 15 is 0 Å². The molecule has 0 saturated heterocycles. The van der Waals surface area contributed by atoms with E-state index < -0.39 is 0 Å². The molecule has 0 unspecified atom stereocenters. The number of furan rings is 1. The molecule has 8 aromatic rings. The number of nitrogens with one attached hydrogen (secondary N) is 1. The molecule has 2 heteroatoms. The lowest BCUT2D eigenvalue weighted by Gasteiger charge is -2.23. The van der Waals surface area contributed by atoms with Crippen LogP contribution >= 0.6 is 0 Å². The minimum Gasteiger partial charge on any atom is -0.456 e. The van der Waals surface area contributed by atoms with Crippen molar-refractivity contribution in [3.8, 4) is 44.5 Å². The molecule has 1 heterocycles. The molecule has 0 amide bonds. The van der Waals surface area contributed by atoms with Gasteiger partial charge in [-0.1, -0.05) is 133 Å². The van der Waals surface area contributed by atoms with Crippen LogP contribution in [0.3, 0.4) is 0 Å². The molecule has 0 atom stereocenters. The Kier molecular flexibility index (Phi) is 5.92. The molecule has 0 aliphatic heterocycles. The number of fused-ring (bicyclic) bond motifs is 6. The van der Waals surface area contributed by atoms with Gasteiger partial charge in [-0.15, -0.1) is 0 Å². The van der Waals surface area contributed by atoms with E-state index in [1.54, 1.807) is 0 Å². The largest absolute Gasteiger partial charge is 0.456 e. The van der Waals surface area contributed by atoms with Crippen molar-refractivity contribution >= 4 is 33.3 Å². The molecule has 1 aliphatic carbocycles. The smallest absolute Gasteiger partial charge is 0.137 e. The van der Waals surface area contributed by atoms with Crippen molar-refractivity contribution in [1.29, 1.82) is 0 Å². The summed E-state index contributed by atoms with van der Waals surface area (Å²) in [5, 5.41) is 6.35. The Hall–Kier alpha value is -5.86. The van der Waals surface area contributed by atoms with Crippen molar-refractivity contribution in [2.45, 2.75) is 6.42 Å². The number of rotatable bonds is 5. The number of anilines is 2. The van der Waals surface area contributed by atoms with Gasteiger partial charge in [0.05, 0.1) is 16.8 Å². The molecule has 2 nitrogen and oxygen atoms in total. The van der Waals surface area contributed by atoms with Gasteiger partial charge in [0.2, 0.25) is 0 Å². The third-order valence-electron chi connectivity index (χ3n) is 9.14. The van der Waals surface area contributed by atoms with Crippen LogP contribution in [0.5, 0.6) is 0 Å². The van der Waals surface area contributed by atoms with Crippen LogP contribution in [-0.2, 0) is 6.42 Å². The Morgan fingerprint density at radius 1 is 0.444 bits per heavy atom. The van der Waals surface area contributed by atoms with Crippen molar-refractivity contribution in [3.63, 3.8) is 0 Å². The summed E-state index contributed by atoms with van der Waals surface area (Å²) in [4.78, 5) is 0. The van der Waals surface area contributed by atoms with Gasteiger partial charge in [-0.25, -0.2) is 0 Å². The Bertz CT molecular complexity index is 2350. The first-order valence-corrected chi connectivity index (χ1v) is 15.5. The molecule has 7 aromatic carbocycles. The number of hydrogen-bond acceptors (Lipinski definition) is 2. The first kappa shape index (κ1) is 25.6. The van der Waals surface area contributed by atoms with Crippen molar-refractivity contribution in [1.82, 2.24) is 0 Å². The lowest BCUT2D eigenvalue weighted by Crippen LogP contribution is -2.03.